The van der Waals surface area contributed by atoms with Gasteiger partial charge in [0.1, 0.15) is 6.23 Å². The first-order chi connectivity index (χ1) is 4.30. The highest BCUT2D eigenvalue weighted by molar-refractivity contribution is 4.73. The molecule has 1 saturated heterocycles. The number of aliphatic hydroxyl groups is 1. The zero-order valence-electron chi connectivity index (χ0n) is 5.51. The number of rotatable bonds is 0. The predicted octanol–water partition coefficient (Wildman–Crippen LogP) is -0.594. The van der Waals surface area contributed by atoms with Gasteiger partial charge in [-0.05, 0) is 19.4 Å². The summed E-state index contributed by atoms with van der Waals surface area (Å²) in [6.45, 7) is 0.898. The molecule has 2 atom stereocenters. The molecule has 1 fully saturated rings. The van der Waals surface area contributed by atoms with Gasteiger partial charge in [0.2, 0.25) is 0 Å². The van der Waals surface area contributed by atoms with Crippen molar-refractivity contribution in [2.75, 3.05) is 6.54 Å². The van der Waals surface area contributed by atoms with Crippen LogP contribution in [0.3, 0.4) is 0 Å². The van der Waals surface area contributed by atoms with Gasteiger partial charge in [-0.15, -0.1) is 0 Å². The second-order valence-electron chi connectivity index (χ2n) is 2.56. The summed E-state index contributed by atoms with van der Waals surface area (Å²) >= 11 is 0. The number of hydrogen-bond acceptors (Lipinski definition) is 3. The summed E-state index contributed by atoms with van der Waals surface area (Å²) in [4.78, 5) is 0. The van der Waals surface area contributed by atoms with Crippen molar-refractivity contribution in [1.29, 1.82) is 0 Å². The first kappa shape index (κ1) is 6.99. The van der Waals surface area contributed by atoms with Crippen LogP contribution in [0.25, 0.3) is 0 Å². The first-order valence-electron chi connectivity index (χ1n) is 3.48. The van der Waals surface area contributed by atoms with Gasteiger partial charge in [0.15, 0.2) is 0 Å². The fourth-order valence-electron chi connectivity index (χ4n) is 1.06. The summed E-state index contributed by atoms with van der Waals surface area (Å²) in [7, 11) is 0. The molecule has 0 amide bonds. The standard InChI is InChI=1S/C6H14N2O/c7-5-3-1-2-4-8-6(5)9/h5-6,8-9H,1-4,7H2. The van der Waals surface area contributed by atoms with Crippen molar-refractivity contribution < 1.29 is 5.11 Å². The van der Waals surface area contributed by atoms with E-state index in [1.54, 1.807) is 0 Å². The Labute approximate surface area is 55.2 Å². The molecule has 0 radical (unpaired) electrons. The summed E-state index contributed by atoms with van der Waals surface area (Å²) < 4.78 is 0. The lowest BCUT2D eigenvalue weighted by molar-refractivity contribution is 0.114. The van der Waals surface area contributed by atoms with Gasteiger partial charge in [0.25, 0.3) is 0 Å². The highest BCUT2D eigenvalue weighted by Gasteiger charge is 2.15. The SMILES string of the molecule is NC1CCCCNC1O. The Balaban J connectivity index is 2.32. The van der Waals surface area contributed by atoms with Gasteiger partial charge in [-0.25, -0.2) is 0 Å². The normalized spacial score (nSPS) is 38.0. The Morgan fingerprint density at radius 1 is 1.44 bits per heavy atom. The lowest BCUT2D eigenvalue weighted by atomic mass is 10.1. The van der Waals surface area contributed by atoms with Gasteiger partial charge in [-0.1, -0.05) is 6.42 Å². The minimum atomic E-state index is -0.479. The number of nitrogens with two attached hydrogens (primary N) is 1. The van der Waals surface area contributed by atoms with Crippen LogP contribution < -0.4 is 11.1 Å². The molecule has 0 aliphatic carbocycles. The van der Waals surface area contributed by atoms with Gasteiger partial charge in [0.05, 0.1) is 0 Å². The smallest absolute Gasteiger partial charge is 0.120 e. The molecule has 0 aromatic carbocycles. The quantitative estimate of drug-likeness (QED) is 0.410. The molecule has 0 spiro atoms. The van der Waals surface area contributed by atoms with E-state index in [4.69, 9.17) is 10.8 Å². The van der Waals surface area contributed by atoms with Crippen LogP contribution in [0, 0.1) is 0 Å². The highest BCUT2D eigenvalue weighted by atomic mass is 16.3. The van der Waals surface area contributed by atoms with Crippen molar-refractivity contribution >= 4 is 0 Å². The number of nitrogens with one attached hydrogen (secondary N) is 1. The average molecular weight is 130 g/mol. The summed E-state index contributed by atoms with van der Waals surface area (Å²) in [6.07, 6.45) is 2.72. The van der Waals surface area contributed by atoms with E-state index >= 15 is 0 Å². The first-order valence-corrected chi connectivity index (χ1v) is 3.48. The molecule has 4 N–H and O–H groups in total. The lowest BCUT2D eigenvalue weighted by Gasteiger charge is -2.14. The van der Waals surface area contributed by atoms with Crippen molar-refractivity contribution in [2.45, 2.75) is 31.5 Å². The van der Waals surface area contributed by atoms with Crippen molar-refractivity contribution in [3.05, 3.63) is 0 Å². The van der Waals surface area contributed by atoms with E-state index in [9.17, 15) is 0 Å². The minimum absolute atomic E-state index is 0.0625. The molecular formula is C6H14N2O. The largest absolute Gasteiger partial charge is 0.377 e. The molecule has 1 aliphatic heterocycles. The minimum Gasteiger partial charge on any atom is -0.377 e. The van der Waals surface area contributed by atoms with Gasteiger partial charge in [-0.3, -0.25) is 5.32 Å². The monoisotopic (exact) mass is 130 g/mol. The van der Waals surface area contributed by atoms with E-state index in [1.807, 2.05) is 0 Å². The second-order valence-corrected chi connectivity index (χ2v) is 2.56. The fourth-order valence-corrected chi connectivity index (χ4v) is 1.06. The van der Waals surface area contributed by atoms with Gasteiger partial charge < -0.3 is 10.8 Å². The molecular weight excluding hydrogens is 116 g/mol. The van der Waals surface area contributed by atoms with E-state index < -0.39 is 6.23 Å². The van der Waals surface area contributed by atoms with Crippen LogP contribution in [0.1, 0.15) is 19.3 Å². The van der Waals surface area contributed by atoms with Crippen LogP contribution in [-0.4, -0.2) is 23.9 Å². The molecule has 3 nitrogen and oxygen atoms in total. The zero-order chi connectivity index (χ0) is 6.69. The molecule has 0 aromatic heterocycles. The van der Waals surface area contributed by atoms with Gasteiger partial charge >= 0.3 is 0 Å². The van der Waals surface area contributed by atoms with Gasteiger partial charge in [-0.2, -0.15) is 0 Å². The van der Waals surface area contributed by atoms with Crippen LogP contribution in [-0.2, 0) is 0 Å². The lowest BCUT2D eigenvalue weighted by Crippen LogP contribution is -2.43. The van der Waals surface area contributed by atoms with Crippen LogP contribution in [0.15, 0.2) is 0 Å². The Hall–Kier alpha value is -0.120. The zero-order valence-corrected chi connectivity index (χ0v) is 5.51. The molecule has 1 heterocycles. The Kier molecular flexibility index (Phi) is 2.45. The third-order valence-corrected chi connectivity index (χ3v) is 1.72. The third kappa shape index (κ3) is 1.93. The summed E-state index contributed by atoms with van der Waals surface area (Å²) in [5, 5.41) is 12.0. The maximum atomic E-state index is 9.12. The number of hydrogen-bond donors (Lipinski definition) is 3. The maximum Gasteiger partial charge on any atom is 0.120 e. The molecule has 0 bridgehead atoms. The van der Waals surface area contributed by atoms with E-state index in [1.165, 1.54) is 0 Å². The molecule has 54 valence electrons. The van der Waals surface area contributed by atoms with Gasteiger partial charge in [0, 0.05) is 6.04 Å². The molecule has 9 heavy (non-hydrogen) atoms. The topological polar surface area (TPSA) is 58.3 Å². The highest BCUT2D eigenvalue weighted by Crippen LogP contribution is 2.04. The van der Waals surface area contributed by atoms with E-state index in [0.717, 1.165) is 25.8 Å². The maximum absolute atomic E-state index is 9.12. The molecule has 1 aliphatic rings. The summed E-state index contributed by atoms with van der Waals surface area (Å²) in [5.74, 6) is 0. The molecule has 1 rings (SSSR count). The van der Waals surface area contributed by atoms with Crippen LogP contribution in [0.5, 0.6) is 0 Å². The van der Waals surface area contributed by atoms with Crippen molar-refractivity contribution in [2.24, 2.45) is 5.73 Å². The third-order valence-electron chi connectivity index (χ3n) is 1.72. The molecule has 0 saturated carbocycles. The fraction of sp³-hybridized carbons (Fsp3) is 1.00. The van der Waals surface area contributed by atoms with Crippen molar-refractivity contribution in [3.63, 3.8) is 0 Å². The molecule has 2 unspecified atom stereocenters. The second kappa shape index (κ2) is 3.15. The van der Waals surface area contributed by atoms with E-state index in [2.05, 4.69) is 5.32 Å². The molecule has 3 heteroatoms. The Bertz CT molecular complexity index is 77.1. The average Bonchev–Trinajstić information content (AvgIpc) is 1.99. The van der Waals surface area contributed by atoms with Crippen LogP contribution in [0.4, 0.5) is 0 Å². The Morgan fingerprint density at radius 3 is 3.00 bits per heavy atom. The predicted molar refractivity (Wildman–Crippen MR) is 35.8 cm³/mol. The number of aliphatic hydroxyl groups excluding tert-OH is 1. The molecule has 0 aromatic rings. The summed E-state index contributed by atoms with van der Waals surface area (Å²) in [6, 6.07) is -0.0625. The Morgan fingerprint density at radius 2 is 2.22 bits per heavy atom. The van der Waals surface area contributed by atoms with Crippen molar-refractivity contribution in [1.82, 2.24) is 5.32 Å². The van der Waals surface area contributed by atoms with E-state index in [0.29, 0.717) is 0 Å². The van der Waals surface area contributed by atoms with Crippen LogP contribution in [0.2, 0.25) is 0 Å². The van der Waals surface area contributed by atoms with E-state index in [-0.39, 0.29) is 6.04 Å². The van der Waals surface area contributed by atoms with Crippen molar-refractivity contribution in [3.8, 4) is 0 Å². The van der Waals surface area contributed by atoms with Crippen LogP contribution >= 0.6 is 0 Å². The summed E-state index contributed by atoms with van der Waals surface area (Å²) in [5.41, 5.74) is 5.57.